The molecule has 3 aromatic heterocycles. The van der Waals surface area contributed by atoms with E-state index in [1.54, 1.807) is 6.20 Å². The lowest BCUT2D eigenvalue weighted by Gasteiger charge is -2.11. The second-order valence-electron chi connectivity index (χ2n) is 7.07. The van der Waals surface area contributed by atoms with Crippen molar-refractivity contribution in [2.75, 3.05) is 12.1 Å². The molecule has 158 valence electrons. The highest BCUT2D eigenvalue weighted by Gasteiger charge is 2.21. The van der Waals surface area contributed by atoms with Gasteiger partial charge in [0.05, 0.1) is 16.3 Å². The van der Waals surface area contributed by atoms with Crippen LogP contribution in [0.2, 0.25) is 0 Å². The summed E-state index contributed by atoms with van der Waals surface area (Å²) in [7, 11) is 0. The Morgan fingerprint density at radius 2 is 2.10 bits per heavy atom. The van der Waals surface area contributed by atoms with Crippen LogP contribution < -0.4 is 20.1 Å². The number of nitrogens with one attached hydrogen (secondary N) is 2. The molecule has 0 radical (unpaired) electrons. The standard InChI is InChI=1S/C21H19N5O3S2/c1-11-16-18(23-8-13-3-4-14-15(7-13)29-10-28-14)24-9-25-21(16)31-17(11)19(27)26-12(2)20-22-5-6-30-20/h3-7,9,12H,8,10H2,1-2H3,(H,26,27)(H,23,24,25). The molecule has 10 heteroatoms. The second-order valence-corrected chi connectivity index (χ2v) is 8.99. The van der Waals surface area contributed by atoms with Gasteiger partial charge in [-0.1, -0.05) is 6.07 Å². The van der Waals surface area contributed by atoms with Crippen molar-refractivity contribution >= 4 is 44.6 Å². The fourth-order valence-corrected chi connectivity index (χ4v) is 5.13. The quantitative estimate of drug-likeness (QED) is 0.449. The van der Waals surface area contributed by atoms with Crippen LogP contribution in [0, 0.1) is 6.92 Å². The van der Waals surface area contributed by atoms with E-state index in [1.807, 2.05) is 37.4 Å². The number of fused-ring (bicyclic) bond motifs is 2. The van der Waals surface area contributed by atoms with E-state index in [9.17, 15) is 4.79 Å². The maximum absolute atomic E-state index is 12.9. The zero-order valence-corrected chi connectivity index (χ0v) is 18.5. The number of thiazole rings is 1. The van der Waals surface area contributed by atoms with E-state index in [4.69, 9.17) is 9.47 Å². The summed E-state index contributed by atoms with van der Waals surface area (Å²) in [5.41, 5.74) is 1.90. The van der Waals surface area contributed by atoms with Gasteiger partial charge in [-0.2, -0.15) is 0 Å². The van der Waals surface area contributed by atoms with E-state index >= 15 is 0 Å². The molecule has 0 spiro atoms. The van der Waals surface area contributed by atoms with Crippen LogP contribution in [0.4, 0.5) is 5.82 Å². The van der Waals surface area contributed by atoms with Crippen LogP contribution in [0.15, 0.2) is 36.1 Å². The molecule has 4 aromatic rings. The number of anilines is 1. The summed E-state index contributed by atoms with van der Waals surface area (Å²) >= 11 is 2.89. The monoisotopic (exact) mass is 453 g/mol. The van der Waals surface area contributed by atoms with Crippen LogP contribution in [-0.4, -0.2) is 27.7 Å². The lowest BCUT2D eigenvalue weighted by molar-refractivity contribution is 0.0943. The van der Waals surface area contributed by atoms with Crippen LogP contribution in [0.25, 0.3) is 10.2 Å². The fourth-order valence-electron chi connectivity index (χ4n) is 3.43. The van der Waals surface area contributed by atoms with E-state index < -0.39 is 0 Å². The predicted molar refractivity (Wildman–Crippen MR) is 120 cm³/mol. The summed E-state index contributed by atoms with van der Waals surface area (Å²) in [5.74, 6) is 2.06. The van der Waals surface area contributed by atoms with Crippen LogP contribution in [0.5, 0.6) is 11.5 Å². The largest absolute Gasteiger partial charge is 0.454 e. The summed E-state index contributed by atoms with van der Waals surface area (Å²) < 4.78 is 10.8. The number of benzene rings is 1. The SMILES string of the molecule is Cc1c(C(=O)NC(C)c2nccs2)sc2ncnc(NCc3ccc4c(c3)OCO4)c12. The molecule has 8 nitrogen and oxygen atoms in total. The Morgan fingerprint density at radius 3 is 2.94 bits per heavy atom. The average Bonchev–Trinajstić information content (AvgIpc) is 3.52. The third-order valence-electron chi connectivity index (χ3n) is 5.00. The van der Waals surface area contributed by atoms with Crippen molar-refractivity contribution in [3.63, 3.8) is 0 Å². The predicted octanol–water partition coefficient (Wildman–Crippen LogP) is 4.29. The van der Waals surface area contributed by atoms with Crippen LogP contribution in [-0.2, 0) is 6.54 Å². The molecule has 0 aliphatic carbocycles. The number of nitrogens with zero attached hydrogens (tertiary/aromatic N) is 3. The second kappa shape index (κ2) is 8.12. The Hall–Kier alpha value is -3.24. The first kappa shape index (κ1) is 19.7. The van der Waals surface area contributed by atoms with Crippen LogP contribution in [0.1, 0.15) is 38.8 Å². The Labute approximate surface area is 186 Å². The van der Waals surface area contributed by atoms with Gasteiger partial charge in [-0.05, 0) is 37.1 Å². The van der Waals surface area contributed by atoms with Gasteiger partial charge in [-0.3, -0.25) is 4.79 Å². The highest BCUT2D eigenvalue weighted by Crippen LogP contribution is 2.35. The zero-order valence-electron chi connectivity index (χ0n) is 16.8. The van der Waals surface area contributed by atoms with Gasteiger partial charge in [0, 0.05) is 18.1 Å². The van der Waals surface area contributed by atoms with Gasteiger partial charge in [-0.15, -0.1) is 22.7 Å². The number of ether oxygens (including phenoxy) is 2. The normalized spacial score (nSPS) is 13.4. The molecule has 1 amide bonds. The van der Waals surface area contributed by atoms with Gasteiger partial charge in [-0.25, -0.2) is 15.0 Å². The van der Waals surface area contributed by atoms with E-state index in [0.29, 0.717) is 17.2 Å². The maximum atomic E-state index is 12.9. The molecular weight excluding hydrogens is 434 g/mol. The van der Waals surface area contributed by atoms with Crippen LogP contribution >= 0.6 is 22.7 Å². The van der Waals surface area contributed by atoms with Crippen molar-refractivity contribution < 1.29 is 14.3 Å². The molecule has 1 aliphatic heterocycles. The molecule has 2 N–H and O–H groups in total. The summed E-state index contributed by atoms with van der Waals surface area (Å²) in [6.45, 7) is 4.66. The third-order valence-corrected chi connectivity index (χ3v) is 7.16. The number of carbonyl (C=O) groups is 1. The third kappa shape index (κ3) is 3.79. The number of aryl methyl sites for hydroxylation is 1. The van der Waals surface area contributed by atoms with Gasteiger partial charge in [0.1, 0.15) is 22.0 Å². The first-order valence-electron chi connectivity index (χ1n) is 9.67. The lowest BCUT2D eigenvalue weighted by atomic mass is 10.1. The van der Waals surface area contributed by atoms with E-state index in [-0.39, 0.29) is 18.7 Å². The highest BCUT2D eigenvalue weighted by molar-refractivity contribution is 7.20. The van der Waals surface area contributed by atoms with Crippen molar-refractivity contribution in [2.24, 2.45) is 0 Å². The first-order valence-corrected chi connectivity index (χ1v) is 11.4. The molecule has 0 saturated heterocycles. The Balaban J connectivity index is 1.37. The molecular formula is C21H19N5O3S2. The highest BCUT2D eigenvalue weighted by atomic mass is 32.1. The summed E-state index contributed by atoms with van der Waals surface area (Å²) in [6.07, 6.45) is 3.25. The van der Waals surface area contributed by atoms with Gasteiger partial charge in [0.25, 0.3) is 5.91 Å². The maximum Gasteiger partial charge on any atom is 0.262 e. The van der Waals surface area contributed by atoms with Gasteiger partial charge in [0.15, 0.2) is 11.5 Å². The number of rotatable bonds is 6. The zero-order chi connectivity index (χ0) is 21.4. The first-order chi connectivity index (χ1) is 15.1. The minimum absolute atomic E-state index is 0.134. The van der Waals surface area contributed by atoms with Crippen molar-refractivity contribution in [3.05, 3.63) is 57.1 Å². The molecule has 5 rings (SSSR count). The molecule has 0 saturated carbocycles. The number of carbonyl (C=O) groups excluding carboxylic acids is 1. The number of amides is 1. The molecule has 1 aromatic carbocycles. The molecule has 1 atom stereocenters. The summed E-state index contributed by atoms with van der Waals surface area (Å²) in [6, 6.07) is 5.68. The minimum Gasteiger partial charge on any atom is -0.454 e. The van der Waals surface area contributed by atoms with E-state index in [2.05, 4.69) is 25.6 Å². The van der Waals surface area contributed by atoms with Crippen molar-refractivity contribution in [2.45, 2.75) is 26.4 Å². The average molecular weight is 454 g/mol. The number of aromatic nitrogens is 3. The van der Waals surface area contributed by atoms with Crippen molar-refractivity contribution in [1.29, 1.82) is 0 Å². The number of hydrogen-bond donors (Lipinski definition) is 2. The topological polar surface area (TPSA) is 98.3 Å². The number of thiophene rings is 1. The molecule has 1 aliphatic rings. The molecule has 4 heterocycles. The lowest BCUT2D eigenvalue weighted by Crippen LogP contribution is -2.26. The molecule has 0 bridgehead atoms. The van der Waals surface area contributed by atoms with Gasteiger partial charge in [0.2, 0.25) is 6.79 Å². The van der Waals surface area contributed by atoms with Crippen LogP contribution in [0.3, 0.4) is 0 Å². The summed E-state index contributed by atoms with van der Waals surface area (Å²) in [5, 5.41) is 10.0. The molecule has 1 unspecified atom stereocenters. The Morgan fingerprint density at radius 1 is 1.23 bits per heavy atom. The van der Waals surface area contributed by atoms with E-state index in [0.717, 1.165) is 37.9 Å². The molecule has 0 fully saturated rings. The smallest absolute Gasteiger partial charge is 0.262 e. The number of hydrogen-bond acceptors (Lipinski definition) is 9. The Bertz CT molecular complexity index is 1260. The van der Waals surface area contributed by atoms with Crippen molar-refractivity contribution in [3.8, 4) is 11.5 Å². The Kier molecular flexibility index (Phi) is 5.16. The van der Waals surface area contributed by atoms with Gasteiger partial charge < -0.3 is 20.1 Å². The van der Waals surface area contributed by atoms with Crippen molar-refractivity contribution in [1.82, 2.24) is 20.3 Å². The minimum atomic E-state index is -0.160. The summed E-state index contributed by atoms with van der Waals surface area (Å²) in [4.78, 5) is 27.4. The van der Waals surface area contributed by atoms with E-state index in [1.165, 1.54) is 29.0 Å². The van der Waals surface area contributed by atoms with Gasteiger partial charge >= 0.3 is 0 Å². The molecule has 31 heavy (non-hydrogen) atoms. The fraction of sp³-hybridized carbons (Fsp3) is 0.238.